The maximum Gasteiger partial charge on any atom is 0.282 e. The molecule has 0 heterocycles. The summed E-state index contributed by atoms with van der Waals surface area (Å²) in [4.78, 5) is 22.9. The number of amides is 1. The molecule has 0 aromatic heterocycles. The van der Waals surface area contributed by atoms with E-state index in [-0.39, 0.29) is 5.56 Å². The Labute approximate surface area is 102 Å². The molecule has 1 aromatic carbocycles. The second-order valence-electron chi connectivity index (χ2n) is 3.64. The summed E-state index contributed by atoms with van der Waals surface area (Å²) >= 11 is 0. The highest BCUT2D eigenvalue weighted by molar-refractivity contribution is 5.98. The fraction of sp³-hybridized carbons (Fsp3) is 0.273. The number of benzene rings is 1. The van der Waals surface area contributed by atoms with Gasteiger partial charge in [-0.1, -0.05) is 0 Å². The molecule has 18 heavy (non-hydrogen) atoms. The predicted molar refractivity (Wildman–Crippen MR) is 60.2 cm³/mol. The maximum atomic E-state index is 13.1. The smallest absolute Gasteiger partial charge is 0.282 e. The Morgan fingerprint density at radius 3 is 2.72 bits per heavy atom. The van der Waals surface area contributed by atoms with Crippen molar-refractivity contribution in [3.8, 4) is 6.07 Å². The first-order valence-electron chi connectivity index (χ1n) is 4.99. The largest absolute Gasteiger partial charge is 0.326 e. The average molecular weight is 251 g/mol. The van der Waals surface area contributed by atoms with Gasteiger partial charge in [-0.15, -0.1) is 0 Å². The van der Waals surface area contributed by atoms with Crippen molar-refractivity contribution in [3.63, 3.8) is 0 Å². The Bertz CT molecular complexity index is 539. The number of hydrogen-bond donors (Lipinski definition) is 0. The Kier molecular flexibility index (Phi) is 3.94. The van der Waals surface area contributed by atoms with Crippen LogP contribution in [0.3, 0.4) is 0 Å². The van der Waals surface area contributed by atoms with Gasteiger partial charge < -0.3 is 4.90 Å². The fourth-order valence-corrected chi connectivity index (χ4v) is 1.29. The Hall–Kier alpha value is -2.49. The van der Waals surface area contributed by atoms with E-state index in [0.717, 1.165) is 23.1 Å². The Morgan fingerprint density at radius 1 is 1.61 bits per heavy atom. The maximum absolute atomic E-state index is 13.1. The molecule has 6 nitrogen and oxygen atoms in total. The number of nitriles is 1. The van der Waals surface area contributed by atoms with Gasteiger partial charge in [0.25, 0.3) is 11.6 Å². The Morgan fingerprint density at radius 2 is 2.22 bits per heavy atom. The standard InChI is InChI=1S/C11H10FN3O3/c1-7(6-13)14(2)11(16)9-5-8(12)3-4-10(9)15(17)18/h3-5,7H,1-2H3. The lowest BCUT2D eigenvalue weighted by Gasteiger charge is -2.19. The molecule has 0 spiro atoms. The minimum absolute atomic E-state index is 0.371. The lowest BCUT2D eigenvalue weighted by atomic mass is 10.1. The summed E-state index contributed by atoms with van der Waals surface area (Å²) in [6, 6.07) is 3.68. The van der Waals surface area contributed by atoms with E-state index in [1.807, 2.05) is 6.07 Å². The zero-order chi connectivity index (χ0) is 13.9. The van der Waals surface area contributed by atoms with Crippen molar-refractivity contribution in [2.24, 2.45) is 0 Å². The Balaban J connectivity index is 3.24. The van der Waals surface area contributed by atoms with Gasteiger partial charge >= 0.3 is 0 Å². The van der Waals surface area contributed by atoms with E-state index in [1.54, 1.807) is 0 Å². The van der Waals surface area contributed by atoms with Gasteiger partial charge in [0, 0.05) is 13.1 Å². The van der Waals surface area contributed by atoms with Crippen LogP contribution in [0, 0.1) is 27.3 Å². The normalized spacial score (nSPS) is 11.4. The van der Waals surface area contributed by atoms with Gasteiger partial charge in [0.1, 0.15) is 17.4 Å². The molecule has 0 aliphatic carbocycles. The van der Waals surface area contributed by atoms with Crippen LogP contribution in [0.5, 0.6) is 0 Å². The van der Waals surface area contributed by atoms with Gasteiger partial charge in [-0.05, 0) is 19.1 Å². The molecule has 0 saturated heterocycles. The van der Waals surface area contributed by atoms with Crippen LogP contribution in [0.25, 0.3) is 0 Å². The molecule has 0 radical (unpaired) electrons. The molecule has 0 saturated carbocycles. The topological polar surface area (TPSA) is 87.2 Å². The van der Waals surface area contributed by atoms with Crippen molar-refractivity contribution in [2.45, 2.75) is 13.0 Å². The van der Waals surface area contributed by atoms with Crippen LogP contribution in [0.1, 0.15) is 17.3 Å². The van der Waals surface area contributed by atoms with E-state index in [4.69, 9.17) is 5.26 Å². The summed E-state index contributed by atoms with van der Waals surface area (Å²) in [5.41, 5.74) is -0.858. The van der Waals surface area contributed by atoms with Crippen molar-refractivity contribution < 1.29 is 14.1 Å². The van der Waals surface area contributed by atoms with Crippen LogP contribution >= 0.6 is 0 Å². The van der Waals surface area contributed by atoms with E-state index in [1.165, 1.54) is 14.0 Å². The van der Waals surface area contributed by atoms with Crippen molar-refractivity contribution in [2.75, 3.05) is 7.05 Å². The lowest BCUT2D eigenvalue weighted by molar-refractivity contribution is -0.385. The third-order valence-electron chi connectivity index (χ3n) is 2.47. The monoisotopic (exact) mass is 251 g/mol. The number of carbonyl (C=O) groups is 1. The van der Waals surface area contributed by atoms with Crippen molar-refractivity contribution >= 4 is 11.6 Å². The summed E-state index contributed by atoms with van der Waals surface area (Å²) in [7, 11) is 1.32. The highest BCUT2D eigenvalue weighted by Gasteiger charge is 2.25. The molecule has 0 bridgehead atoms. The van der Waals surface area contributed by atoms with Crippen LogP contribution in [-0.4, -0.2) is 28.8 Å². The first-order valence-corrected chi connectivity index (χ1v) is 4.99. The number of nitro benzene ring substituents is 1. The zero-order valence-corrected chi connectivity index (χ0v) is 9.75. The molecule has 0 fully saturated rings. The molecule has 1 aromatic rings. The molecule has 1 unspecified atom stereocenters. The number of hydrogen-bond acceptors (Lipinski definition) is 4. The van der Waals surface area contributed by atoms with E-state index < -0.39 is 28.4 Å². The van der Waals surface area contributed by atoms with Gasteiger partial charge in [0.2, 0.25) is 0 Å². The molecule has 1 rings (SSSR count). The van der Waals surface area contributed by atoms with Gasteiger partial charge in [-0.2, -0.15) is 5.26 Å². The fourth-order valence-electron chi connectivity index (χ4n) is 1.29. The highest BCUT2D eigenvalue weighted by atomic mass is 19.1. The van der Waals surface area contributed by atoms with E-state index in [2.05, 4.69) is 0 Å². The van der Waals surface area contributed by atoms with E-state index in [9.17, 15) is 19.3 Å². The summed E-state index contributed by atoms with van der Waals surface area (Å²) in [5, 5.41) is 19.4. The quantitative estimate of drug-likeness (QED) is 0.604. The molecular weight excluding hydrogens is 241 g/mol. The summed E-state index contributed by atoms with van der Waals surface area (Å²) in [5.74, 6) is -1.52. The third-order valence-corrected chi connectivity index (χ3v) is 2.47. The minimum Gasteiger partial charge on any atom is -0.326 e. The van der Waals surface area contributed by atoms with Crippen molar-refractivity contribution in [1.29, 1.82) is 5.26 Å². The first kappa shape index (κ1) is 13.6. The molecule has 7 heteroatoms. The second kappa shape index (κ2) is 5.23. The number of nitrogens with zero attached hydrogens (tertiary/aromatic N) is 3. The minimum atomic E-state index is -0.768. The summed E-state index contributed by atoms with van der Waals surface area (Å²) < 4.78 is 13.1. The number of rotatable bonds is 3. The number of nitro groups is 1. The summed E-state index contributed by atoms with van der Waals surface area (Å²) in [6.45, 7) is 1.46. The number of carbonyl (C=O) groups excluding carboxylic acids is 1. The summed E-state index contributed by atoms with van der Waals surface area (Å²) in [6.07, 6.45) is 0. The highest BCUT2D eigenvalue weighted by Crippen LogP contribution is 2.21. The third kappa shape index (κ3) is 2.60. The molecule has 0 aliphatic heterocycles. The second-order valence-corrected chi connectivity index (χ2v) is 3.64. The van der Waals surface area contributed by atoms with Gasteiger partial charge in [-0.25, -0.2) is 4.39 Å². The first-order chi connectivity index (χ1) is 8.38. The predicted octanol–water partition coefficient (Wildman–Crippen LogP) is 1.72. The van der Waals surface area contributed by atoms with E-state index in [0.29, 0.717) is 0 Å². The molecule has 1 atom stereocenters. The number of halogens is 1. The average Bonchev–Trinajstić information content (AvgIpc) is 2.35. The SMILES string of the molecule is CC(C#N)N(C)C(=O)c1cc(F)ccc1[N+](=O)[O-]. The van der Waals surface area contributed by atoms with Gasteiger partial charge in [0.05, 0.1) is 11.0 Å². The van der Waals surface area contributed by atoms with Crippen LogP contribution in [-0.2, 0) is 0 Å². The zero-order valence-electron chi connectivity index (χ0n) is 9.75. The van der Waals surface area contributed by atoms with Crippen LogP contribution in [0.15, 0.2) is 18.2 Å². The molecule has 0 N–H and O–H groups in total. The van der Waals surface area contributed by atoms with Crippen LogP contribution in [0.4, 0.5) is 10.1 Å². The molecule has 1 amide bonds. The van der Waals surface area contributed by atoms with Crippen LogP contribution < -0.4 is 0 Å². The van der Waals surface area contributed by atoms with Gasteiger partial charge in [0.15, 0.2) is 0 Å². The van der Waals surface area contributed by atoms with Gasteiger partial charge in [-0.3, -0.25) is 14.9 Å². The molecule has 0 aliphatic rings. The van der Waals surface area contributed by atoms with Crippen LogP contribution in [0.2, 0.25) is 0 Å². The lowest BCUT2D eigenvalue weighted by Crippen LogP contribution is -2.34. The van der Waals surface area contributed by atoms with E-state index >= 15 is 0 Å². The van der Waals surface area contributed by atoms with Crippen molar-refractivity contribution in [1.82, 2.24) is 4.90 Å². The van der Waals surface area contributed by atoms with Crippen molar-refractivity contribution in [3.05, 3.63) is 39.7 Å². The molecular formula is C11H10FN3O3. The molecule has 94 valence electrons.